The zero-order valence-electron chi connectivity index (χ0n) is 18.6. The summed E-state index contributed by atoms with van der Waals surface area (Å²) >= 11 is 6.29. The number of anilines is 1. The van der Waals surface area contributed by atoms with Gasteiger partial charge in [0.25, 0.3) is 5.69 Å². The first-order chi connectivity index (χ1) is 17.0. The Morgan fingerprint density at radius 1 is 1.03 bits per heavy atom. The Hall–Kier alpha value is -4.23. The predicted octanol–water partition coefficient (Wildman–Crippen LogP) is 6.91. The number of para-hydroxylation sites is 1. The summed E-state index contributed by atoms with van der Waals surface area (Å²) < 4.78 is 0. The highest BCUT2D eigenvalue weighted by molar-refractivity contribution is 6.31. The van der Waals surface area contributed by atoms with Crippen LogP contribution in [0.15, 0.2) is 78.9 Å². The number of nitro groups is 1. The van der Waals surface area contributed by atoms with E-state index >= 15 is 0 Å². The standard InChI is InChI=1S/C27H21ClN4O3/c28-18-12-14-24-22(15-18)21(27(31-24)25-13-11-17-5-1-2-9-23(17)30-25)8-4-10-26(33)29-19-6-3-7-20(16-19)32(34)35/h1-3,5-7,9,11-16,31H,4,8,10H2,(H,29,33). The summed E-state index contributed by atoms with van der Waals surface area (Å²) in [4.78, 5) is 31.3. The Kier molecular flexibility index (Phi) is 6.16. The Morgan fingerprint density at radius 3 is 2.74 bits per heavy atom. The maximum atomic E-state index is 12.5. The summed E-state index contributed by atoms with van der Waals surface area (Å²) in [7, 11) is 0. The number of hydrogen-bond acceptors (Lipinski definition) is 4. The molecular weight excluding hydrogens is 464 g/mol. The molecular formula is C27H21ClN4O3. The van der Waals surface area contributed by atoms with Gasteiger partial charge >= 0.3 is 0 Å². The van der Waals surface area contributed by atoms with Gasteiger partial charge in [-0.3, -0.25) is 14.9 Å². The zero-order valence-corrected chi connectivity index (χ0v) is 19.4. The topological polar surface area (TPSA) is 101 Å². The van der Waals surface area contributed by atoms with Crippen molar-refractivity contribution in [2.75, 3.05) is 5.32 Å². The van der Waals surface area contributed by atoms with Gasteiger partial charge in [0.1, 0.15) is 0 Å². The summed E-state index contributed by atoms with van der Waals surface area (Å²) in [6.07, 6.45) is 1.48. The van der Waals surface area contributed by atoms with E-state index in [1.807, 2.05) is 54.6 Å². The number of fused-ring (bicyclic) bond motifs is 2. The molecule has 5 aromatic rings. The van der Waals surface area contributed by atoms with Crippen LogP contribution in [0, 0.1) is 10.1 Å². The van der Waals surface area contributed by atoms with Gasteiger partial charge in [0.05, 0.1) is 21.8 Å². The summed E-state index contributed by atoms with van der Waals surface area (Å²) in [6, 6.07) is 23.6. The van der Waals surface area contributed by atoms with E-state index in [1.54, 1.807) is 12.1 Å². The monoisotopic (exact) mass is 484 g/mol. The molecule has 0 saturated carbocycles. The SMILES string of the molecule is O=C(CCCc1c(-c2ccc3ccccc3n2)[nH]c2ccc(Cl)cc12)Nc1cccc([N+](=O)[O-])c1. The number of aromatic amines is 1. The number of halogens is 1. The fraction of sp³-hybridized carbons (Fsp3) is 0.111. The lowest BCUT2D eigenvalue weighted by atomic mass is 10.0. The van der Waals surface area contributed by atoms with E-state index in [0.29, 0.717) is 23.6 Å². The normalized spacial score (nSPS) is 11.1. The highest BCUT2D eigenvalue weighted by Crippen LogP contribution is 2.33. The molecule has 0 bridgehead atoms. The number of nitro benzene ring substituents is 1. The molecule has 0 saturated heterocycles. The molecule has 0 radical (unpaired) electrons. The Bertz CT molecular complexity index is 1580. The highest BCUT2D eigenvalue weighted by Gasteiger charge is 2.16. The van der Waals surface area contributed by atoms with Gasteiger partial charge in [-0.25, -0.2) is 4.98 Å². The van der Waals surface area contributed by atoms with Crippen molar-refractivity contribution in [2.45, 2.75) is 19.3 Å². The average molecular weight is 485 g/mol. The summed E-state index contributed by atoms with van der Waals surface area (Å²) in [5.74, 6) is -0.200. The van der Waals surface area contributed by atoms with Crippen molar-refractivity contribution in [3.8, 4) is 11.4 Å². The molecule has 0 aliphatic carbocycles. The lowest BCUT2D eigenvalue weighted by molar-refractivity contribution is -0.384. The molecule has 3 aromatic carbocycles. The molecule has 0 atom stereocenters. The van der Waals surface area contributed by atoms with E-state index in [2.05, 4.69) is 10.3 Å². The lowest BCUT2D eigenvalue weighted by Gasteiger charge is -2.08. The number of nitrogens with one attached hydrogen (secondary N) is 2. The molecule has 1 amide bonds. The van der Waals surface area contributed by atoms with Crippen LogP contribution in [0.4, 0.5) is 11.4 Å². The van der Waals surface area contributed by atoms with Crippen LogP contribution >= 0.6 is 11.6 Å². The summed E-state index contributed by atoms with van der Waals surface area (Å²) in [6.45, 7) is 0. The molecule has 0 fully saturated rings. The van der Waals surface area contributed by atoms with Crippen LogP contribution in [0.25, 0.3) is 33.2 Å². The first kappa shape index (κ1) is 22.6. The van der Waals surface area contributed by atoms with Crippen LogP contribution in [-0.4, -0.2) is 20.8 Å². The molecule has 5 rings (SSSR count). The highest BCUT2D eigenvalue weighted by atomic mass is 35.5. The molecule has 2 aromatic heterocycles. The molecule has 174 valence electrons. The largest absolute Gasteiger partial charge is 0.353 e. The Labute approximate surface area is 205 Å². The third kappa shape index (κ3) is 4.85. The number of aryl methyl sites for hydroxylation is 1. The first-order valence-electron chi connectivity index (χ1n) is 11.2. The van der Waals surface area contributed by atoms with Gasteiger partial charge in [-0.2, -0.15) is 0 Å². The zero-order chi connectivity index (χ0) is 24.4. The molecule has 8 heteroatoms. The minimum absolute atomic E-state index is 0.0639. The second-order valence-corrected chi connectivity index (χ2v) is 8.70. The molecule has 2 heterocycles. The first-order valence-corrected chi connectivity index (χ1v) is 11.6. The number of benzene rings is 3. The van der Waals surface area contributed by atoms with Crippen molar-refractivity contribution in [3.63, 3.8) is 0 Å². The van der Waals surface area contributed by atoms with Crippen LogP contribution in [0.1, 0.15) is 18.4 Å². The van der Waals surface area contributed by atoms with E-state index in [-0.39, 0.29) is 18.0 Å². The molecule has 0 spiro atoms. The third-order valence-electron chi connectivity index (χ3n) is 5.89. The minimum Gasteiger partial charge on any atom is -0.353 e. The van der Waals surface area contributed by atoms with Crippen LogP contribution in [0.3, 0.4) is 0 Å². The van der Waals surface area contributed by atoms with Crippen LogP contribution in [0.5, 0.6) is 0 Å². The predicted molar refractivity (Wildman–Crippen MR) is 139 cm³/mol. The number of non-ortho nitro benzene ring substituents is 1. The number of nitrogens with zero attached hydrogens (tertiary/aromatic N) is 2. The van der Waals surface area contributed by atoms with Crippen LogP contribution in [0.2, 0.25) is 5.02 Å². The van der Waals surface area contributed by atoms with Gasteiger partial charge in [-0.15, -0.1) is 0 Å². The van der Waals surface area contributed by atoms with Gasteiger partial charge in [-0.1, -0.05) is 41.9 Å². The number of amides is 1. The van der Waals surface area contributed by atoms with Crippen molar-refractivity contribution < 1.29 is 9.72 Å². The lowest BCUT2D eigenvalue weighted by Crippen LogP contribution is -2.11. The van der Waals surface area contributed by atoms with Crippen molar-refractivity contribution in [1.82, 2.24) is 9.97 Å². The Balaban J connectivity index is 1.38. The number of hydrogen-bond donors (Lipinski definition) is 2. The van der Waals surface area contributed by atoms with Gasteiger partial charge in [-0.05, 0) is 54.8 Å². The number of carbonyl (C=O) groups is 1. The number of H-pyrrole nitrogens is 1. The summed E-state index contributed by atoms with van der Waals surface area (Å²) in [5, 5.41) is 16.4. The van der Waals surface area contributed by atoms with Gasteiger partial charge in [0.15, 0.2) is 0 Å². The molecule has 2 N–H and O–H groups in total. The molecule has 35 heavy (non-hydrogen) atoms. The molecule has 7 nitrogen and oxygen atoms in total. The minimum atomic E-state index is -0.486. The molecule has 0 aliphatic heterocycles. The maximum absolute atomic E-state index is 12.5. The van der Waals surface area contributed by atoms with Gasteiger partial charge in [0.2, 0.25) is 5.91 Å². The number of rotatable bonds is 7. The smallest absolute Gasteiger partial charge is 0.271 e. The fourth-order valence-corrected chi connectivity index (χ4v) is 4.42. The van der Waals surface area contributed by atoms with Crippen LogP contribution < -0.4 is 5.32 Å². The van der Waals surface area contributed by atoms with Crippen molar-refractivity contribution in [3.05, 3.63) is 99.6 Å². The van der Waals surface area contributed by atoms with Crippen molar-refractivity contribution >= 4 is 50.7 Å². The maximum Gasteiger partial charge on any atom is 0.271 e. The van der Waals surface area contributed by atoms with Crippen molar-refractivity contribution in [1.29, 1.82) is 0 Å². The van der Waals surface area contributed by atoms with Crippen molar-refractivity contribution in [2.24, 2.45) is 0 Å². The number of pyridine rings is 1. The van der Waals surface area contributed by atoms with Crippen LogP contribution in [-0.2, 0) is 11.2 Å². The van der Waals surface area contributed by atoms with E-state index < -0.39 is 4.92 Å². The van der Waals surface area contributed by atoms with E-state index in [9.17, 15) is 14.9 Å². The molecule has 0 aliphatic rings. The Morgan fingerprint density at radius 2 is 1.89 bits per heavy atom. The quantitative estimate of drug-likeness (QED) is 0.193. The summed E-state index contributed by atoms with van der Waals surface area (Å²) in [5.41, 5.74) is 4.99. The number of carbonyl (C=O) groups excluding carboxylic acids is 1. The second kappa shape index (κ2) is 9.56. The van der Waals surface area contributed by atoms with E-state index in [4.69, 9.17) is 16.6 Å². The van der Waals surface area contributed by atoms with E-state index in [1.165, 1.54) is 12.1 Å². The fourth-order valence-electron chi connectivity index (χ4n) is 4.25. The number of aromatic nitrogens is 2. The molecule has 0 unspecified atom stereocenters. The van der Waals surface area contributed by atoms with Gasteiger partial charge in [0, 0.05) is 45.6 Å². The second-order valence-electron chi connectivity index (χ2n) is 8.27. The van der Waals surface area contributed by atoms with Gasteiger partial charge < -0.3 is 10.3 Å². The third-order valence-corrected chi connectivity index (χ3v) is 6.13. The van der Waals surface area contributed by atoms with E-state index in [0.717, 1.165) is 38.8 Å². The average Bonchev–Trinajstić information content (AvgIpc) is 3.21.